The Morgan fingerprint density at radius 3 is 2.59 bits per heavy atom. The summed E-state index contributed by atoms with van der Waals surface area (Å²) in [7, 11) is -1.13. The van der Waals surface area contributed by atoms with Gasteiger partial charge in [0.2, 0.25) is 0 Å². The van der Waals surface area contributed by atoms with Gasteiger partial charge < -0.3 is 9.80 Å². The van der Waals surface area contributed by atoms with Crippen molar-refractivity contribution < 1.29 is 13.2 Å². The highest BCUT2D eigenvalue weighted by Crippen LogP contribution is 2.22. The average Bonchev–Trinajstić information content (AvgIpc) is 3.05. The normalized spacial score (nSPS) is 18.2. The SMILES string of the molecule is CCN(Cc1ccccc1)C(=O)c1ccnc(N(C)C2CCS(=O)(=O)C2)c1. The van der Waals surface area contributed by atoms with Crippen LogP contribution >= 0.6 is 0 Å². The molecule has 3 rings (SSSR count). The second kappa shape index (κ2) is 8.08. The minimum absolute atomic E-state index is 0.0579. The maximum absolute atomic E-state index is 13.0. The first-order valence-corrected chi connectivity index (χ1v) is 10.9. The van der Waals surface area contributed by atoms with E-state index in [2.05, 4.69) is 4.98 Å². The smallest absolute Gasteiger partial charge is 0.254 e. The van der Waals surface area contributed by atoms with Gasteiger partial charge in [-0.2, -0.15) is 0 Å². The van der Waals surface area contributed by atoms with Gasteiger partial charge in [0.25, 0.3) is 5.91 Å². The number of carbonyl (C=O) groups is 1. The Labute approximate surface area is 160 Å². The predicted octanol–water partition coefficient (Wildman–Crippen LogP) is 2.37. The number of carbonyl (C=O) groups excluding carboxylic acids is 1. The van der Waals surface area contributed by atoms with E-state index in [1.807, 2.05) is 49.2 Å². The molecule has 0 aliphatic carbocycles. The molecule has 27 heavy (non-hydrogen) atoms. The fourth-order valence-electron chi connectivity index (χ4n) is 3.33. The molecule has 1 aromatic carbocycles. The van der Waals surface area contributed by atoms with Crippen molar-refractivity contribution in [3.05, 3.63) is 59.8 Å². The van der Waals surface area contributed by atoms with Crippen LogP contribution in [0.3, 0.4) is 0 Å². The van der Waals surface area contributed by atoms with Crippen LogP contribution in [0.25, 0.3) is 0 Å². The van der Waals surface area contributed by atoms with E-state index < -0.39 is 9.84 Å². The summed E-state index contributed by atoms with van der Waals surface area (Å²) in [4.78, 5) is 21.0. The number of anilines is 1. The van der Waals surface area contributed by atoms with E-state index in [0.29, 0.717) is 30.9 Å². The van der Waals surface area contributed by atoms with Crippen LogP contribution in [0.5, 0.6) is 0 Å². The van der Waals surface area contributed by atoms with Crippen molar-refractivity contribution in [1.29, 1.82) is 0 Å². The first-order valence-electron chi connectivity index (χ1n) is 9.12. The van der Waals surface area contributed by atoms with Crippen LogP contribution in [0.15, 0.2) is 48.7 Å². The molecule has 144 valence electrons. The maximum Gasteiger partial charge on any atom is 0.254 e. The molecule has 0 N–H and O–H groups in total. The van der Waals surface area contributed by atoms with Gasteiger partial charge in [-0.15, -0.1) is 0 Å². The summed E-state index contributed by atoms with van der Waals surface area (Å²) in [5.41, 5.74) is 1.64. The van der Waals surface area contributed by atoms with Crippen LogP contribution in [0.2, 0.25) is 0 Å². The molecular weight excluding hydrogens is 362 g/mol. The van der Waals surface area contributed by atoms with Crippen molar-refractivity contribution in [3.8, 4) is 0 Å². The van der Waals surface area contributed by atoms with E-state index in [9.17, 15) is 13.2 Å². The monoisotopic (exact) mass is 387 g/mol. The molecule has 7 heteroatoms. The largest absolute Gasteiger partial charge is 0.356 e. The number of hydrogen-bond donors (Lipinski definition) is 0. The molecule has 1 atom stereocenters. The second-order valence-electron chi connectivity index (χ2n) is 6.88. The number of benzene rings is 1. The zero-order chi connectivity index (χ0) is 19.4. The van der Waals surface area contributed by atoms with Crippen molar-refractivity contribution in [3.63, 3.8) is 0 Å². The minimum atomic E-state index is -2.97. The molecule has 1 unspecified atom stereocenters. The van der Waals surface area contributed by atoms with Crippen LogP contribution in [-0.2, 0) is 16.4 Å². The summed E-state index contributed by atoms with van der Waals surface area (Å²) in [5.74, 6) is 0.913. The van der Waals surface area contributed by atoms with Crippen molar-refractivity contribution >= 4 is 21.6 Å². The van der Waals surface area contributed by atoms with Gasteiger partial charge in [0.05, 0.1) is 11.5 Å². The highest BCUT2D eigenvalue weighted by molar-refractivity contribution is 7.91. The van der Waals surface area contributed by atoms with Gasteiger partial charge in [0.1, 0.15) is 5.82 Å². The third kappa shape index (κ3) is 4.66. The lowest BCUT2D eigenvalue weighted by Crippen LogP contribution is -2.34. The number of pyridine rings is 1. The third-order valence-corrected chi connectivity index (χ3v) is 6.75. The Balaban J connectivity index is 1.76. The van der Waals surface area contributed by atoms with E-state index in [1.165, 1.54) is 0 Å². The van der Waals surface area contributed by atoms with Crippen LogP contribution < -0.4 is 4.90 Å². The molecule has 0 saturated carbocycles. The molecule has 2 aromatic rings. The lowest BCUT2D eigenvalue weighted by molar-refractivity contribution is 0.0752. The van der Waals surface area contributed by atoms with Crippen molar-refractivity contribution in [2.45, 2.75) is 25.9 Å². The van der Waals surface area contributed by atoms with E-state index >= 15 is 0 Å². The van der Waals surface area contributed by atoms with Gasteiger partial charge >= 0.3 is 0 Å². The first-order chi connectivity index (χ1) is 12.9. The molecule has 2 heterocycles. The lowest BCUT2D eigenvalue weighted by atomic mass is 10.1. The summed E-state index contributed by atoms with van der Waals surface area (Å²) in [6, 6.07) is 13.2. The van der Waals surface area contributed by atoms with Gasteiger partial charge in [-0.25, -0.2) is 13.4 Å². The predicted molar refractivity (Wildman–Crippen MR) is 107 cm³/mol. The maximum atomic E-state index is 13.0. The van der Waals surface area contributed by atoms with Gasteiger partial charge in [0, 0.05) is 37.9 Å². The molecule has 1 aliphatic heterocycles. The number of hydrogen-bond acceptors (Lipinski definition) is 5. The van der Waals surface area contributed by atoms with Gasteiger partial charge in [0.15, 0.2) is 9.84 Å². The fourth-order valence-corrected chi connectivity index (χ4v) is 5.10. The molecule has 0 radical (unpaired) electrons. The highest BCUT2D eigenvalue weighted by atomic mass is 32.2. The summed E-state index contributed by atoms with van der Waals surface area (Å²) in [6.07, 6.45) is 2.20. The fraction of sp³-hybridized carbons (Fsp3) is 0.400. The Morgan fingerprint density at radius 1 is 1.22 bits per heavy atom. The van der Waals surface area contributed by atoms with Gasteiger partial charge in [-0.05, 0) is 31.0 Å². The van der Waals surface area contributed by atoms with Crippen molar-refractivity contribution in [2.75, 3.05) is 30.0 Å². The first kappa shape index (κ1) is 19.4. The summed E-state index contributed by atoms with van der Waals surface area (Å²) in [6.45, 7) is 3.10. The molecule has 1 aliphatic rings. The van der Waals surface area contributed by atoms with E-state index in [1.54, 1.807) is 23.2 Å². The zero-order valence-electron chi connectivity index (χ0n) is 15.7. The molecular formula is C20H25N3O3S. The van der Waals surface area contributed by atoms with E-state index in [4.69, 9.17) is 0 Å². The Hall–Kier alpha value is -2.41. The number of nitrogens with zero attached hydrogens (tertiary/aromatic N) is 3. The zero-order valence-corrected chi connectivity index (χ0v) is 16.5. The van der Waals surface area contributed by atoms with Crippen molar-refractivity contribution in [1.82, 2.24) is 9.88 Å². The molecule has 6 nitrogen and oxygen atoms in total. The summed E-state index contributed by atoms with van der Waals surface area (Å²) < 4.78 is 23.5. The van der Waals surface area contributed by atoms with Crippen LogP contribution in [-0.4, -0.2) is 55.3 Å². The molecule has 0 spiro atoms. The molecule has 1 fully saturated rings. The van der Waals surface area contributed by atoms with E-state index in [-0.39, 0.29) is 23.5 Å². The van der Waals surface area contributed by atoms with Crippen molar-refractivity contribution in [2.24, 2.45) is 0 Å². The Bertz CT molecular complexity index is 900. The van der Waals surface area contributed by atoms with Gasteiger partial charge in [-0.3, -0.25) is 4.79 Å². The Kier molecular flexibility index (Phi) is 5.79. The Morgan fingerprint density at radius 2 is 1.96 bits per heavy atom. The summed E-state index contributed by atoms with van der Waals surface area (Å²) >= 11 is 0. The second-order valence-corrected chi connectivity index (χ2v) is 9.10. The summed E-state index contributed by atoms with van der Waals surface area (Å²) in [5, 5.41) is 0. The molecule has 1 saturated heterocycles. The van der Waals surface area contributed by atoms with E-state index in [0.717, 1.165) is 5.56 Å². The topological polar surface area (TPSA) is 70.6 Å². The minimum Gasteiger partial charge on any atom is -0.356 e. The van der Waals surface area contributed by atoms with Gasteiger partial charge in [-0.1, -0.05) is 30.3 Å². The molecule has 1 aromatic heterocycles. The number of aromatic nitrogens is 1. The lowest BCUT2D eigenvalue weighted by Gasteiger charge is -2.26. The number of rotatable bonds is 6. The quantitative estimate of drug-likeness (QED) is 0.761. The van der Waals surface area contributed by atoms with Crippen LogP contribution in [0.4, 0.5) is 5.82 Å². The molecule has 0 bridgehead atoms. The standard InChI is InChI=1S/C20H25N3O3S/c1-3-23(14-16-7-5-4-6-8-16)20(24)17-9-11-21-19(13-17)22(2)18-10-12-27(25,26)15-18/h4-9,11,13,18H,3,10,12,14-15H2,1-2H3. The van der Waals surface area contributed by atoms with Crippen LogP contribution in [0, 0.1) is 0 Å². The number of amides is 1. The number of sulfone groups is 1. The third-order valence-electron chi connectivity index (χ3n) is 5.00. The molecule has 1 amide bonds. The highest BCUT2D eigenvalue weighted by Gasteiger charge is 2.31. The van der Waals surface area contributed by atoms with Crippen LogP contribution in [0.1, 0.15) is 29.3 Å². The average molecular weight is 388 g/mol.